The number of nitrogens with two attached hydrogens (primary N) is 1. The van der Waals surface area contributed by atoms with E-state index in [2.05, 4.69) is 6.92 Å². The highest BCUT2D eigenvalue weighted by molar-refractivity contribution is 5.97. The summed E-state index contributed by atoms with van der Waals surface area (Å²) < 4.78 is 0. The summed E-state index contributed by atoms with van der Waals surface area (Å²) in [5.41, 5.74) is 7.85. The summed E-state index contributed by atoms with van der Waals surface area (Å²) in [6.45, 7) is 4.69. The van der Waals surface area contributed by atoms with Gasteiger partial charge in [-0.3, -0.25) is 4.79 Å². The van der Waals surface area contributed by atoms with Crippen LogP contribution >= 0.6 is 0 Å². The molecule has 0 bridgehead atoms. The average Bonchev–Trinajstić information content (AvgIpc) is 2.55. The molecule has 3 heteroatoms. The van der Waals surface area contributed by atoms with Gasteiger partial charge in [-0.25, -0.2) is 0 Å². The topological polar surface area (TPSA) is 46.3 Å². The number of hydrogen-bond acceptors (Lipinski definition) is 2. The van der Waals surface area contributed by atoms with Crippen molar-refractivity contribution < 1.29 is 4.79 Å². The Hall–Kier alpha value is -1.35. The molecule has 2 rings (SSSR count). The molecular formula is C13H18N2O. The summed E-state index contributed by atoms with van der Waals surface area (Å²) in [6.07, 6.45) is 0.575. The van der Waals surface area contributed by atoms with Crippen LogP contribution in [0.1, 0.15) is 18.9 Å². The smallest absolute Gasteiger partial charge is 0.227 e. The van der Waals surface area contributed by atoms with Crippen molar-refractivity contribution in [1.82, 2.24) is 0 Å². The molecule has 86 valence electrons. The third kappa shape index (κ3) is 1.71. The van der Waals surface area contributed by atoms with Gasteiger partial charge in [0.05, 0.1) is 0 Å². The highest BCUT2D eigenvalue weighted by atomic mass is 16.2. The standard InChI is InChI=1S/C13H18N2O/c1-9-5-3-4-6-12(9)15-10(2)11(8-14)7-13(15)16/h3-6,10-11H,7-8,14H2,1-2H3. The van der Waals surface area contributed by atoms with E-state index in [0.717, 1.165) is 11.3 Å². The van der Waals surface area contributed by atoms with Crippen molar-refractivity contribution in [3.63, 3.8) is 0 Å². The normalized spacial score (nSPS) is 25.2. The summed E-state index contributed by atoms with van der Waals surface area (Å²) in [4.78, 5) is 13.9. The van der Waals surface area contributed by atoms with Gasteiger partial charge in [0.25, 0.3) is 0 Å². The van der Waals surface area contributed by atoms with E-state index in [4.69, 9.17) is 5.73 Å². The predicted octanol–water partition coefficient (Wildman–Crippen LogP) is 1.70. The minimum atomic E-state index is 0.192. The Balaban J connectivity index is 2.35. The lowest BCUT2D eigenvalue weighted by Crippen LogP contribution is -2.35. The van der Waals surface area contributed by atoms with Gasteiger partial charge < -0.3 is 10.6 Å². The van der Waals surface area contributed by atoms with E-state index >= 15 is 0 Å². The Morgan fingerprint density at radius 2 is 2.12 bits per heavy atom. The molecule has 2 unspecified atom stereocenters. The van der Waals surface area contributed by atoms with Crippen molar-refractivity contribution in [2.75, 3.05) is 11.4 Å². The van der Waals surface area contributed by atoms with E-state index in [0.29, 0.717) is 13.0 Å². The van der Waals surface area contributed by atoms with Crippen LogP contribution in [0.15, 0.2) is 24.3 Å². The number of para-hydroxylation sites is 1. The summed E-state index contributed by atoms with van der Waals surface area (Å²) in [5.74, 6) is 0.476. The zero-order valence-electron chi connectivity index (χ0n) is 9.81. The largest absolute Gasteiger partial charge is 0.330 e. The first kappa shape index (κ1) is 11.1. The summed E-state index contributed by atoms with van der Waals surface area (Å²) >= 11 is 0. The number of carbonyl (C=O) groups excluding carboxylic acids is 1. The molecule has 2 atom stereocenters. The molecular weight excluding hydrogens is 200 g/mol. The number of anilines is 1. The van der Waals surface area contributed by atoms with Gasteiger partial charge in [-0.2, -0.15) is 0 Å². The lowest BCUT2D eigenvalue weighted by molar-refractivity contribution is -0.117. The lowest BCUT2D eigenvalue weighted by atomic mass is 10.0. The molecule has 1 aliphatic heterocycles. The van der Waals surface area contributed by atoms with Crippen LogP contribution in [0, 0.1) is 12.8 Å². The monoisotopic (exact) mass is 218 g/mol. The molecule has 1 heterocycles. The first-order chi connectivity index (χ1) is 7.65. The van der Waals surface area contributed by atoms with Crippen molar-refractivity contribution in [3.05, 3.63) is 29.8 Å². The molecule has 2 N–H and O–H groups in total. The first-order valence-electron chi connectivity index (χ1n) is 5.73. The third-order valence-electron chi connectivity index (χ3n) is 3.47. The van der Waals surface area contributed by atoms with Crippen LogP contribution in [-0.2, 0) is 4.79 Å². The van der Waals surface area contributed by atoms with Gasteiger partial charge in [0.1, 0.15) is 0 Å². The van der Waals surface area contributed by atoms with Crippen molar-refractivity contribution in [2.24, 2.45) is 11.7 Å². The van der Waals surface area contributed by atoms with Gasteiger partial charge in [0.15, 0.2) is 0 Å². The number of amides is 1. The maximum atomic E-state index is 12.0. The number of hydrogen-bond donors (Lipinski definition) is 1. The second-order valence-corrected chi connectivity index (χ2v) is 4.49. The summed E-state index contributed by atoms with van der Waals surface area (Å²) in [6, 6.07) is 8.20. The Labute approximate surface area is 96.2 Å². The fourth-order valence-corrected chi connectivity index (χ4v) is 2.40. The Kier molecular flexibility index (Phi) is 2.97. The van der Waals surface area contributed by atoms with Crippen molar-refractivity contribution in [1.29, 1.82) is 0 Å². The number of carbonyl (C=O) groups is 1. The Bertz CT molecular complexity index is 403. The lowest BCUT2D eigenvalue weighted by Gasteiger charge is -2.25. The van der Waals surface area contributed by atoms with Crippen LogP contribution in [0.5, 0.6) is 0 Å². The van der Waals surface area contributed by atoms with Crippen molar-refractivity contribution >= 4 is 11.6 Å². The number of aryl methyl sites for hydroxylation is 1. The van der Waals surface area contributed by atoms with Gasteiger partial charge >= 0.3 is 0 Å². The molecule has 3 nitrogen and oxygen atoms in total. The molecule has 1 aromatic carbocycles. The van der Waals surface area contributed by atoms with E-state index in [1.165, 1.54) is 0 Å². The fourth-order valence-electron chi connectivity index (χ4n) is 2.40. The summed E-state index contributed by atoms with van der Waals surface area (Å²) in [7, 11) is 0. The third-order valence-corrected chi connectivity index (χ3v) is 3.47. The maximum Gasteiger partial charge on any atom is 0.227 e. The highest BCUT2D eigenvalue weighted by Crippen LogP contribution is 2.31. The Morgan fingerprint density at radius 3 is 2.69 bits per heavy atom. The second-order valence-electron chi connectivity index (χ2n) is 4.49. The minimum absolute atomic E-state index is 0.192. The average molecular weight is 218 g/mol. The molecule has 0 spiro atoms. The molecule has 1 aromatic rings. The predicted molar refractivity (Wildman–Crippen MR) is 65.3 cm³/mol. The molecule has 1 fully saturated rings. The molecule has 0 aliphatic carbocycles. The molecule has 16 heavy (non-hydrogen) atoms. The fraction of sp³-hybridized carbons (Fsp3) is 0.462. The van der Waals surface area contributed by atoms with Gasteiger partial charge in [-0.05, 0) is 32.0 Å². The van der Waals surface area contributed by atoms with Gasteiger partial charge in [-0.1, -0.05) is 18.2 Å². The summed E-state index contributed by atoms with van der Waals surface area (Å²) in [5, 5.41) is 0. The quantitative estimate of drug-likeness (QED) is 0.821. The van der Waals surface area contributed by atoms with Gasteiger partial charge in [0.2, 0.25) is 5.91 Å². The van der Waals surface area contributed by atoms with Gasteiger partial charge in [0, 0.05) is 24.1 Å². The van der Waals surface area contributed by atoms with Crippen molar-refractivity contribution in [2.45, 2.75) is 26.3 Å². The molecule has 1 amide bonds. The zero-order valence-corrected chi connectivity index (χ0v) is 9.81. The van der Waals surface area contributed by atoms with E-state index in [1.807, 2.05) is 36.1 Å². The minimum Gasteiger partial charge on any atom is -0.330 e. The maximum absolute atomic E-state index is 12.0. The van der Waals surface area contributed by atoms with E-state index in [1.54, 1.807) is 0 Å². The van der Waals surface area contributed by atoms with E-state index in [9.17, 15) is 4.79 Å². The number of benzene rings is 1. The SMILES string of the molecule is Cc1ccccc1N1C(=O)CC(CN)C1C. The van der Waals surface area contributed by atoms with Crippen LogP contribution < -0.4 is 10.6 Å². The molecule has 0 radical (unpaired) electrons. The van der Waals surface area contributed by atoms with Crippen LogP contribution in [0.2, 0.25) is 0 Å². The van der Waals surface area contributed by atoms with E-state index < -0.39 is 0 Å². The molecule has 0 aromatic heterocycles. The zero-order chi connectivity index (χ0) is 11.7. The highest BCUT2D eigenvalue weighted by Gasteiger charge is 2.37. The van der Waals surface area contributed by atoms with Crippen LogP contribution in [-0.4, -0.2) is 18.5 Å². The first-order valence-corrected chi connectivity index (χ1v) is 5.73. The van der Waals surface area contributed by atoms with Crippen LogP contribution in [0.4, 0.5) is 5.69 Å². The molecule has 1 saturated heterocycles. The van der Waals surface area contributed by atoms with Crippen molar-refractivity contribution in [3.8, 4) is 0 Å². The van der Waals surface area contributed by atoms with Crippen LogP contribution in [0.3, 0.4) is 0 Å². The molecule has 0 saturated carbocycles. The second kappa shape index (κ2) is 4.26. The number of rotatable bonds is 2. The van der Waals surface area contributed by atoms with Gasteiger partial charge in [-0.15, -0.1) is 0 Å². The van der Waals surface area contributed by atoms with Crippen LogP contribution in [0.25, 0.3) is 0 Å². The van der Waals surface area contributed by atoms with E-state index in [-0.39, 0.29) is 17.9 Å². The Morgan fingerprint density at radius 1 is 1.44 bits per heavy atom. The number of nitrogens with zero attached hydrogens (tertiary/aromatic N) is 1. The molecule has 1 aliphatic rings.